The molecule has 5 rings (SSSR count). The Kier molecular flexibility index (Phi) is 3.76. The summed E-state index contributed by atoms with van der Waals surface area (Å²) in [7, 11) is 0. The summed E-state index contributed by atoms with van der Waals surface area (Å²) < 4.78 is 0. The zero-order valence-electron chi connectivity index (χ0n) is 14.9. The van der Waals surface area contributed by atoms with Gasteiger partial charge in [0.2, 0.25) is 5.91 Å². The smallest absolute Gasteiger partial charge is 0.228 e. The first-order valence-corrected chi connectivity index (χ1v) is 9.12. The molecule has 1 unspecified atom stereocenters. The van der Waals surface area contributed by atoms with E-state index in [1.807, 2.05) is 6.07 Å². The highest BCUT2D eigenvalue weighted by Gasteiger charge is 2.25. The Bertz CT molecular complexity index is 1270. The number of nitrogens with one attached hydrogen (secondary N) is 2. The number of carbonyl (C=O) groups excluding carboxylic acids is 1. The molecule has 0 saturated heterocycles. The third kappa shape index (κ3) is 2.76. The summed E-state index contributed by atoms with van der Waals surface area (Å²) in [5.74, 6) is 0.473. The van der Waals surface area contributed by atoms with Gasteiger partial charge in [-0.05, 0) is 42.7 Å². The summed E-state index contributed by atoms with van der Waals surface area (Å²) in [4.78, 5) is 29.1. The summed E-state index contributed by atoms with van der Waals surface area (Å²) in [6, 6.07) is 11.4. The summed E-state index contributed by atoms with van der Waals surface area (Å²) >= 11 is 0. The molecule has 0 saturated carbocycles. The van der Waals surface area contributed by atoms with E-state index in [0.717, 1.165) is 40.5 Å². The van der Waals surface area contributed by atoms with Gasteiger partial charge in [0.1, 0.15) is 5.82 Å². The minimum absolute atomic E-state index is 0.0474. The first-order chi connectivity index (χ1) is 13.7. The molecule has 0 fully saturated rings. The lowest BCUT2D eigenvalue weighted by atomic mass is 10.1. The molecule has 3 aromatic heterocycles. The third-order valence-electron chi connectivity index (χ3n) is 5.12. The predicted octanol–water partition coefficient (Wildman–Crippen LogP) is 2.72. The molecule has 0 aliphatic heterocycles. The number of rotatable bonds is 3. The Hall–Kier alpha value is -3.79. The van der Waals surface area contributed by atoms with E-state index in [1.165, 1.54) is 5.56 Å². The third-order valence-corrected chi connectivity index (χ3v) is 5.12. The van der Waals surface area contributed by atoms with Gasteiger partial charge in [0, 0.05) is 11.6 Å². The van der Waals surface area contributed by atoms with Crippen LogP contribution in [0.15, 0.2) is 42.7 Å². The van der Waals surface area contributed by atoms with E-state index in [2.05, 4.69) is 37.4 Å². The fourth-order valence-corrected chi connectivity index (χ4v) is 3.81. The maximum atomic E-state index is 12.6. The van der Waals surface area contributed by atoms with E-state index in [4.69, 9.17) is 5.26 Å². The lowest BCUT2D eigenvalue weighted by Crippen LogP contribution is -2.29. The van der Waals surface area contributed by atoms with E-state index in [9.17, 15) is 4.79 Å². The Morgan fingerprint density at radius 1 is 1.32 bits per heavy atom. The summed E-state index contributed by atoms with van der Waals surface area (Å²) in [6.45, 7) is 0. The van der Waals surface area contributed by atoms with Crippen molar-refractivity contribution in [1.82, 2.24) is 25.3 Å². The van der Waals surface area contributed by atoms with Crippen LogP contribution < -0.4 is 5.32 Å². The average molecular weight is 368 g/mol. The van der Waals surface area contributed by atoms with Gasteiger partial charge in [0.05, 0.1) is 52.5 Å². The second-order valence-corrected chi connectivity index (χ2v) is 6.93. The van der Waals surface area contributed by atoms with Crippen LogP contribution in [0.3, 0.4) is 0 Å². The zero-order chi connectivity index (χ0) is 19.1. The second-order valence-electron chi connectivity index (χ2n) is 6.93. The molecule has 0 radical (unpaired) electrons. The number of fused-ring (bicyclic) bond motifs is 4. The molecule has 4 aromatic rings. The van der Waals surface area contributed by atoms with Crippen molar-refractivity contribution >= 4 is 27.8 Å². The molecule has 3 heterocycles. The lowest BCUT2D eigenvalue weighted by Gasteiger charge is -2.12. The number of hydrogen-bond donors (Lipinski definition) is 2. The minimum atomic E-state index is -0.0995. The number of aryl methyl sites for hydroxylation is 1. The molecule has 2 N–H and O–H groups in total. The van der Waals surface area contributed by atoms with Gasteiger partial charge < -0.3 is 10.3 Å². The molecular formula is C21H16N6O. The Morgan fingerprint density at radius 2 is 2.25 bits per heavy atom. The van der Waals surface area contributed by atoms with Crippen molar-refractivity contribution < 1.29 is 4.79 Å². The lowest BCUT2D eigenvalue weighted by molar-refractivity contribution is -0.121. The average Bonchev–Trinajstić information content (AvgIpc) is 3.31. The van der Waals surface area contributed by atoms with Crippen LogP contribution in [0.2, 0.25) is 0 Å². The zero-order valence-corrected chi connectivity index (χ0v) is 14.9. The van der Waals surface area contributed by atoms with Gasteiger partial charge in [0.25, 0.3) is 0 Å². The Labute approximate surface area is 160 Å². The van der Waals surface area contributed by atoms with Crippen molar-refractivity contribution in [2.75, 3.05) is 0 Å². The van der Waals surface area contributed by atoms with Crippen molar-refractivity contribution in [3.8, 4) is 6.07 Å². The summed E-state index contributed by atoms with van der Waals surface area (Å²) in [5, 5.41) is 13.0. The maximum Gasteiger partial charge on any atom is 0.228 e. The largest absolute Gasteiger partial charge is 0.347 e. The minimum Gasteiger partial charge on any atom is -0.347 e. The molecule has 7 nitrogen and oxygen atoms in total. The summed E-state index contributed by atoms with van der Waals surface area (Å²) in [6.07, 6.45) is 5.40. The van der Waals surface area contributed by atoms with Gasteiger partial charge in [-0.2, -0.15) is 5.26 Å². The van der Waals surface area contributed by atoms with Crippen LogP contribution in [0, 0.1) is 11.3 Å². The number of nitrogens with zero attached hydrogens (tertiary/aromatic N) is 4. The van der Waals surface area contributed by atoms with Crippen LogP contribution in [0.5, 0.6) is 0 Å². The van der Waals surface area contributed by atoms with Gasteiger partial charge in [-0.25, -0.2) is 4.98 Å². The van der Waals surface area contributed by atoms with Crippen LogP contribution in [-0.4, -0.2) is 25.8 Å². The van der Waals surface area contributed by atoms with E-state index in [0.29, 0.717) is 11.4 Å². The molecule has 1 atom stereocenters. The van der Waals surface area contributed by atoms with Crippen molar-refractivity contribution in [3.63, 3.8) is 0 Å². The van der Waals surface area contributed by atoms with Gasteiger partial charge >= 0.3 is 0 Å². The molecule has 1 amide bonds. The van der Waals surface area contributed by atoms with E-state index in [-0.39, 0.29) is 18.4 Å². The number of imidazole rings is 1. The van der Waals surface area contributed by atoms with Crippen LogP contribution >= 0.6 is 0 Å². The van der Waals surface area contributed by atoms with Gasteiger partial charge in [-0.15, -0.1) is 0 Å². The number of nitriles is 1. The molecule has 28 heavy (non-hydrogen) atoms. The monoisotopic (exact) mass is 368 g/mol. The van der Waals surface area contributed by atoms with E-state index < -0.39 is 0 Å². The fraction of sp³-hybridized carbons (Fsp3) is 0.190. The van der Waals surface area contributed by atoms with Gasteiger partial charge in [-0.3, -0.25) is 14.8 Å². The van der Waals surface area contributed by atoms with Gasteiger partial charge in [-0.1, -0.05) is 6.07 Å². The molecule has 7 heteroatoms. The highest BCUT2D eigenvalue weighted by Crippen LogP contribution is 2.29. The highest BCUT2D eigenvalue weighted by atomic mass is 16.1. The summed E-state index contributed by atoms with van der Waals surface area (Å²) in [5.41, 5.74) is 4.94. The molecule has 0 bridgehead atoms. The normalized spacial score (nSPS) is 15.5. The number of aromatic amines is 1. The number of pyridine rings is 2. The first kappa shape index (κ1) is 16.4. The van der Waals surface area contributed by atoms with Crippen molar-refractivity contribution in [1.29, 1.82) is 5.26 Å². The topological polar surface area (TPSA) is 107 Å². The van der Waals surface area contributed by atoms with Crippen LogP contribution in [0.25, 0.3) is 21.9 Å². The van der Waals surface area contributed by atoms with Crippen LogP contribution in [0.1, 0.15) is 35.1 Å². The predicted molar refractivity (Wildman–Crippen MR) is 103 cm³/mol. The highest BCUT2D eigenvalue weighted by molar-refractivity contribution is 6.02. The Balaban J connectivity index is 1.40. The fourth-order valence-electron chi connectivity index (χ4n) is 3.81. The van der Waals surface area contributed by atoms with Crippen molar-refractivity contribution in [3.05, 3.63) is 65.4 Å². The molecule has 0 spiro atoms. The van der Waals surface area contributed by atoms with E-state index >= 15 is 0 Å². The number of carbonyl (C=O) groups is 1. The Morgan fingerprint density at radius 3 is 3.14 bits per heavy atom. The number of amides is 1. The standard InChI is InChI=1S/C21H16N6O/c22-10-12-3-5-15-14(8-12)21-17(11-24-15)25-18(27-21)9-19(28)26-16-6-4-13-2-1-7-23-20(13)16/h1-3,5,7-8,11,16H,4,6,9H2,(H,25,27)(H,26,28). The van der Waals surface area contributed by atoms with Crippen LogP contribution in [-0.2, 0) is 17.6 Å². The number of aromatic nitrogens is 4. The SMILES string of the molecule is N#Cc1ccc2ncc3[nH]c(CC(=O)NC4CCc5cccnc54)nc3c2c1. The van der Waals surface area contributed by atoms with E-state index in [1.54, 1.807) is 30.6 Å². The number of benzene rings is 1. The maximum absolute atomic E-state index is 12.6. The first-order valence-electron chi connectivity index (χ1n) is 9.12. The number of H-pyrrole nitrogens is 1. The molecule has 1 aliphatic rings. The quantitative estimate of drug-likeness (QED) is 0.578. The van der Waals surface area contributed by atoms with Gasteiger partial charge in [0.15, 0.2) is 0 Å². The molecular weight excluding hydrogens is 352 g/mol. The van der Waals surface area contributed by atoms with Crippen molar-refractivity contribution in [2.24, 2.45) is 0 Å². The number of hydrogen-bond acceptors (Lipinski definition) is 5. The molecule has 1 aromatic carbocycles. The van der Waals surface area contributed by atoms with Crippen LogP contribution in [0.4, 0.5) is 0 Å². The van der Waals surface area contributed by atoms with Crippen molar-refractivity contribution in [2.45, 2.75) is 25.3 Å². The second kappa shape index (κ2) is 6.43. The molecule has 1 aliphatic carbocycles. The molecule has 136 valence electrons.